The molecule has 0 spiro atoms. The van der Waals surface area contributed by atoms with E-state index in [0.29, 0.717) is 19.0 Å². The van der Waals surface area contributed by atoms with E-state index in [1.54, 1.807) is 4.31 Å². The van der Waals surface area contributed by atoms with E-state index >= 15 is 0 Å². The maximum absolute atomic E-state index is 12.5. The topological polar surface area (TPSA) is 55.2 Å². The molecule has 5 nitrogen and oxygen atoms in total. The van der Waals surface area contributed by atoms with E-state index in [1.165, 1.54) is 0 Å². The second-order valence-corrected chi connectivity index (χ2v) is 8.18. The summed E-state index contributed by atoms with van der Waals surface area (Å²) in [5.41, 5.74) is 0.851. The molecule has 6 heteroatoms. The van der Waals surface area contributed by atoms with Crippen LogP contribution in [0.3, 0.4) is 0 Å². The number of sulfonamides is 1. The Balaban J connectivity index is 1.57. The summed E-state index contributed by atoms with van der Waals surface area (Å²) < 4.78 is 28.9. The molecule has 0 amide bonds. The van der Waals surface area contributed by atoms with Crippen LogP contribution in [0.15, 0.2) is 42.7 Å². The van der Waals surface area contributed by atoms with Gasteiger partial charge < -0.3 is 4.57 Å². The van der Waals surface area contributed by atoms with Crippen molar-refractivity contribution in [2.45, 2.75) is 32.1 Å². The first kappa shape index (κ1) is 16.2. The zero-order chi connectivity index (χ0) is 16.3. The Labute approximate surface area is 138 Å². The van der Waals surface area contributed by atoms with Crippen molar-refractivity contribution >= 4 is 10.0 Å². The van der Waals surface area contributed by atoms with Crippen LogP contribution in [0.5, 0.6) is 0 Å². The van der Waals surface area contributed by atoms with Crippen molar-refractivity contribution in [1.82, 2.24) is 13.9 Å². The van der Waals surface area contributed by atoms with Gasteiger partial charge in [-0.15, -0.1) is 0 Å². The lowest BCUT2D eigenvalue weighted by Crippen LogP contribution is -2.39. The molecule has 124 valence electrons. The van der Waals surface area contributed by atoms with Crippen molar-refractivity contribution in [1.29, 1.82) is 0 Å². The van der Waals surface area contributed by atoms with Crippen molar-refractivity contribution in [2.24, 2.45) is 5.92 Å². The summed E-state index contributed by atoms with van der Waals surface area (Å²) in [6.07, 6.45) is 5.62. The highest BCUT2D eigenvalue weighted by atomic mass is 32.2. The highest BCUT2D eigenvalue weighted by molar-refractivity contribution is 7.88. The molecule has 1 aliphatic heterocycles. The Hall–Kier alpha value is -1.66. The van der Waals surface area contributed by atoms with Gasteiger partial charge in [-0.3, -0.25) is 0 Å². The summed E-state index contributed by atoms with van der Waals surface area (Å²) >= 11 is 0. The smallest absolute Gasteiger partial charge is 0.218 e. The molecule has 0 saturated carbocycles. The molecule has 0 N–H and O–H groups in total. The van der Waals surface area contributed by atoms with E-state index in [0.717, 1.165) is 30.8 Å². The normalized spacial score (nSPS) is 17.4. The number of piperidine rings is 1. The van der Waals surface area contributed by atoms with Crippen LogP contribution in [-0.2, 0) is 22.3 Å². The third kappa shape index (κ3) is 4.00. The van der Waals surface area contributed by atoms with E-state index in [4.69, 9.17) is 0 Å². The molecule has 1 aromatic carbocycles. The second-order valence-electron chi connectivity index (χ2n) is 6.21. The lowest BCUT2D eigenvalue weighted by atomic mass is 9.98. The first-order chi connectivity index (χ1) is 11.0. The molecule has 0 bridgehead atoms. The summed E-state index contributed by atoms with van der Waals surface area (Å²) in [6, 6.07) is 9.40. The van der Waals surface area contributed by atoms with Gasteiger partial charge in [-0.05, 0) is 31.2 Å². The van der Waals surface area contributed by atoms with Crippen LogP contribution in [-0.4, -0.2) is 35.4 Å². The lowest BCUT2D eigenvalue weighted by Gasteiger charge is -2.31. The van der Waals surface area contributed by atoms with E-state index in [-0.39, 0.29) is 5.75 Å². The Morgan fingerprint density at radius 2 is 1.87 bits per heavy atom. The average Bonchev–Trinajstić information content (AvgIpc) is 2.93. The minimum atomic E-state index is -3.22. The highest BCUT2D eigenvalue weighted by Crippen LogP contribution is 2.23. The molecule has 0 unspecified atom stereocenters. The molecule has 2 heterocycles. The number of rotatable bonds is 5. The fourth-order valence-corrected chi connectivity index (χ4v) is 4.68. The quantitative estimate of drug-likeness (QED) is 0.844. The second kappa shape index (κ2) is 6.84. The molecule has 3 rings (SSSR count). The number of aromatic nitrogens is 2. The monoisotopic (exact) mass is 333 g/mol. The maximum Gasteiger partial charge on any atom is 0.218 e. The van der Waals surface area contributed by atoms with Crippen molar-refractivity contribution in [3.8, 4) is 0 Å². The minimum absolute atomic E-state index is 0.0964. The summed E-state index contributed by atoms with van der Waals surface area (Å²) in [5, 5.41) is 0. The summed E-state index contributed by atoms with van der Waals surface area (Å²) in [5.74, 6) is 1.63. The van der Waals surface area contributed by atoms with Gasteiger partial charge in [-0.1, -0.05) is 30.3 Å². The Morgan fingerprint density at radius 1 is 1.17 bits per heavy atom. The molecule has 1 aliphatic rings. The van der Waals surface area contributed by atoms with Gasteiger partial charge in [0.15, 0.2) is 0 Å². The zero-order valence-electron chi connectivity index (χ0n) is 13.4. The van der Waals surface area contributed by atoms with Crippen LogP contribution in [0.2, 0.25) is 0 Å². The van der Waals surface area contributed by atoms with Crippen LogP contribution in [0, 0.1) is 12.8 Å². The fraction of sp³-hybridized carbons (Fsp3) is 0.471. The van der Waals surface area contributed by atoms with E-state index in [1.807, 2.05) is 49.6 Å². The van der Waals surface area contributed by atoms with Crippen molar-refractivity contribution in [3.05, 3.63) is 54.1 Å². The van der Waals surface area contributed by atoms with E-state index < -0.39 is 10.0 Å². The van der Waals surface area contributed by atoms with Gasteiger partial charge in [0, 0.05) is 32.0 Å². The summed E-state index contributed by atoms with van der Waals surface area (Å²) in [7, 11) is -3.22. The van der Waals surface area contributed by atoms with Gasteiger partial charge in [0.05, 0.1) is 5.75 Å². The van der Waals surface area contributed by atoms with E-state index in [2.05, 4.69) is 9.55 Å². The van der Waals surface area contributed by atoms with Crippen molar-refractivity contribution in [3.63, 3.8) is 0 Å². The number of benzene rings is 1. The molecule has 0 radical (unpaired) electrons. The molecule has 23 heavy (non-hydrogen) atoms. The summed E-state index contributed by atoms with van der Waals surface area (Å²) in [6.45, 7) is 4.17. The van der Waals surface area contributed by atoms with Crippen LogP contribution < -0.4 is 0 Å². The van der Waals surface area contributed by atoms with Gasteiger partial charge in [-0.2, -0.15) is 0 Å². The third-order valence-corrected chi connectivity index (χ3v) is 6.39. The lowest BCUT2D eigenvalue weighted by molar-refractivity contribution is 0.251. The first-order valence-corrected chi connectivity index (χ1v) is 9.65. The minimum Gasteiger partial charge on any atom is -0.335 e. The molecule has 1 aromatic heterocycles. The van der Waals surface area contributed by atoms with Gasteiger partial charge >= 0.3 is 0 Å². The summed E-state index contributed by atoms with van der Waals surface area (Å²) in [4.78, 5) is 4.24. The first-order valence-electron chi connectivity index (χ1n) is 8.04. The molecular weight excluding hydrogens is 310 g/mol. The van der Waals surface area contributed by atoms with Crippen LogP contribution >= 0.6 is 0 Å². The third-order valence-electron chi connectivity index (χ3n) is 4.54. The molecule has 0 aliphatic carbocycles. The van der Waals surface area contributed by atoms with Gasteiger partial charge in [0.25, 0.3) is 0 Å². The SMILES string of the molecule is Cc1nccn1CC1CCN(S(=O)(=O)Cc2ccccc2)CC1. The van der Waals surface area contributed by atoms with Gasteiger partial charge in [-0.25, -0.2) is 17.7 Å². The van der Waals surface area contributed by atoms with E-state index in [9.17, 15) is 8.42 Å². The fourth-order valence-electron chi connectivity index (χ4n) is 3.12. The number of hydrogen-bond acceptors (Lipinski definition) is 3. The Bertz CT molecular complexity index is 732. The van der Waals surface area contributed by atoms with Crippen LogP contribution in [0.1, 0.15) is 24.2 Å². The number of hydrogen-bond donors (Lipinski definition) is 0. The van der Waals surface area contributed by atoms with Gasteiger partial charge in [0.2, 0.25) is 10.0 Å². The average molecular weight is 333 g/mol. The number of aryl methyl sites for hydroxylation is 1. The Morgan fingerprint density at radius 3 is 2.48 bits per heavy atom. The van der Waals surface area contributed by atoms with Crippen molar-refractivity contribution < 1.29 is 8.42 Å². The standard InChI is InChI=1S/C17H23N3O2S/c1-15-18-9-12-19(15)13-16-7-10-20(11-8-16)23(21,22)14-17-5-3-2-4-6-17/h2-6,9,12,16H,7-8,10-11,13-14H2,1H3. The maximum atomic E-state index is 12.5. The predicted octanol–water partition coefficient (Wildman–Crippen LogP) is 2.43. The number of imidazole rings is 1. The van der Waals surface area contributed by atoms with Gasteiger partial charge in [0.1, 0.15) is 5.82 Å². The van der Waals surface area contributed by atoms with Crippen LogP contribution in [0.4, 0.5) is 0 Å². The largest absolute Gasteiger partial charge is 0.335 e. The molecule has 1 saturated heterocycles. The van der Waals surface area contributed by atoms with Crippen molar-refractivity contribution in [2.75, 3.05) is 13.1 Å². The molecule has 2 aromatic rings. The predicted molar refractivity (Wildman–Crippen MR) is 90.3 cm³/mol. The molecule has 0 atom stereocenters. The van der Waals surface area contributed by atoms with Crippen LogP contribution in [0.25, 0.3) is 0 Å². The Kier molecular flexibility index (Phi) is 4.82. The number of nitrogens with zero attached hydrogens (tertiary/aromatic N) is 3. The molecular formula is C17H23N3O2S. The molecule has 1 fully saturated rings. The highest BCUT2D eigenvalue weighted by Gasteiger charge is 2.28. The zero-order valence-corrected chi connectivity index (χ0v) is 14.2.